The molecule has 2 fully saturated rings. The number of likely N-dealkylation sites (tertiary alicyclic amines) is 1. The van der Waals surface area contributed by atoms with Crippen LogP contribution in [-0.4, -0.2) is 216 Å². The van der Waals surface area contributed by atoms with Gasteiger partial charge >= 0.3 is 23.9 Å². The molecule has 1 unspecified atom stereocenters. The van der Waals surface area contributed by atoms with Gasteiger partial charge in [-0.15, -0.1) is 10.2 Å². The second-order valence-corrected chi connectivity index (χ2v) is 18.1. The average Bonchev–Trinajstić information content (AvgIpc) is 3.73. The first-order valence-electron chi connectivity index (χ1n) is 23.5. The minimum atomic E-state index is -1.24. The summed E-state index contributed by atoms with van der Waals surface area (Å²) in [6.45, 7) is 6.53. The molecule has 0 saturated carbocycles. The van der Waals surface area contributed by atoms with Crippen molar-refractivity contribution in [1.82, 2.24) is 49.9 Å². The van der Waals surface area contributed by atoms with E-state index in [0.717, 1.165) is 24.8 Å². The summed E-state index contributed by atoms with van der Waals surface area (Å²) in [7, 11) is 0. The van der Waals surface area contributed by atoms with Crippen LogP contribution < -0.4 is 10.6 Å². The number of carbonyl (C=O) groups excluding carboxylic acids is 3. The van der Waals surface area contributed by atoms with E-state index in [9.17, 15) is 64.2 Å². The van der Waals surface area contributed by atoms with E-state index in [0.29, 0.717) is 30.3 Å². The molecule has 2 aromatic carbocycles. The van der Waals surface area contributed by atoms with Crippen molar-refractivity contribution in [2.24, 2.45) is 5.92 Å². The van der Waals surface area contributed by atoms with E-state index in [1.165, 1.54) is 10.6 Å². The van der Waals surface area contributed by atoms with Crippen LogP contribution in [0.15, 0.2) is 36.4 Å². The van der Waals surface area contributed by atoms with Crippen molar-refractivity contribution in [3.05, 3.63) is 53.3 Å². The van der Waals surface area contributed by atoms with Crippen LogP contribution in [0, 0.1) is 5.92 Å². The lowest BCUT2D eigenvalue weighted by Gasteiger charge is -2.35. The molecular weight excluding hydrogens is 913 g/mol. The minimum absolute atomic E-state index is 0.0449. The molecule has 0 aliphatic carbocycles. The minimum Gasteiger partial charge on any atom is -0.508 e. The molecule has 2 aliphatic heterocycles. The van der Waals surface area contributed by atoms with Crippen molar-refractivity contribution in [1.29, 1.82) is 0 Å². The Balaban J connectivity index is 1.25. The first-order valence-corrected chi connectivity index (χ1v) is 23.5. The van der Waals surface area contributed by atoms with E-state index in [-0.39, 0.29) is 138 Å². The van der Waals surface area contributed by atoms with Gasteiger partial charge in [0.1, 0.15) is 17.5 Å². The number of carboxylic acids is 4. The van der Waals surface area contributed by atoms with Gasteiger partial charge in [0.05, 0.1) is 25.2 Å². The van der Waals surface area contributed by atoms with E-state index in [2.05, 4.69) is 20.8 Å². The maximum atomic E-state index is 13.8. The van der Waals surface area contributed by atoms with Crippen molar-refractivity contribution in [3.8, 4) is 28.6 Å². The summed E-state index contributed by atoms with van der Waals surface area (Å²) in [4.78, 5) is 94.6. The highest BCUT2D eigenvalue weighted by molar-refractivity contribution is 5.92. The van der Waals surface area contributed by atoms with Crippen LogP contribution in [0.3, 0.4) is 0 Å². The zero-order valence-electron chi connectivity index (χ0n) is 40.0. The Morgan fingerprint density at radius 3 is 1.71 bits per heavy atom. The third kappa shape index (κ3) is 15.9. The van der Waals surface area contributed by atoms with E-state index >= 15 is 0 Å². The first-order chi connectivity index (χ1) is 33.3. The third-order valence-corrected chi connectivity index (χ3v) is 12.7. The molecule has 5 rings (SSSR count). The number of carboxylic acid groups (broad SMARTS) is 4. The summed E-state index contributed by atoms with van der Waals surface area (Å²) >= 11 is 0. The standard InChI is InChI=1S/C47H66N10O13/c1-30(2)35-25-36(39(60)26-38(35)59)44-50-51-45(57(44)34-6-4-32(5-7-34)24-33-10-14-55(15-11-33)31(3)58)46(68)49-13-12-48-40(61)9-8-37(47(69)70)56-22-20-53(28-42(64)65)18-16-52(27-41(62)63)17-19-54(21-23-56)29-43(66)67/h4-7,25-26,30,33,37,59-60H,8-24,27-29H2,1-3H3,(H,48,61)(H,49,68)(H,62,63)(H,64,65)(H,66,67)(H,69,70). The van der Waals surface area contributed by atoms with E-state index in [1.54, 1.807) is 32.6 Å². The smallest absolute Gasteiger partial charge is 0.320 e. The van der Waals surface area contributed by atoms with Crippen molar-refractivity contribution in [3.63, 3.8) is 0 Å². The van der Waals surface area contributed by atoms with Gasteiger partial charge in [0, 0.05) is 104 Å². The SMILES string of the molecule is CC(=O)N1CCC(Cc2ccc(-n3c(C(=O)NCCNC(=O)CCC(C(=O)O)N4CCN(CC(=O)O)CCN(CC(=O)O)CCN(CC(=O)O)CC4)nnc3-c3cc(C(C)C)c(O)cc3O)cc2)CC1. The Labute approximate surface area is 405 Å². The molecule has 3 heterocycles. The summed E-state index contributed by atoms with van der Waals surface area (Å²) in [6, 6.07) is 9.15. The number of hydrogen-bond acceptors (Lipinski definition) is 15. The van der Waals surface area contributed by atoms with Gasteiger partial charge in [0.25, 0.3) is 5.91 Å². The number of phenols is 2. The van der Waals surface area contributed by atoms with Gasteiger partial charge < -0.3 is 46.2 Å². The quantitative estimate of drug-likeness (QED) is 0.0727. The van der Waals surface area contributed by atoms with Crippen LogP contribution in [0.1, 0.15) is 74.1 Å². The number of hydrogen-bond donors (Lipinski definition) is 8. The van der Waals surface area contributed by atoms with Gasteiger partial charge in [-0.05, 0) is 66.8 Å². The van der Waals surface area contributed by atoms with E-state index in [1.807, 2.05) is 43.0 Å². The predicted octanol–water partition coefficient (Wildman–Crippen LogP) is 0.825. The number of benzene rings is 2. The summed E-state index contributed by atoms with van der Waals surface area (Å²) in [6.07, 6.45) is 2.18. The van der Waals surface area contributed by atoms with Crippen molar-refractivity contribution >= 4 is 41.6 Å². The Hall–Kier alpha value is -6.69. The number of aromatic hydroxyl groups is 2. The zero-order valence-corrected chi connectivity index (χ0v) is 40.0. The Kier molecular flexibility index (Phi) is 20.0. The Morgan fingerprint density at radius 2 is 1.21 bits per heavy atom. The van der Waals surface area contributed by atoms with E-state index in [4.69, 9.17) is 0 Å². The van der Waals surface area contributed by atoms with Gasteiger partial charge in [0.2, 0.25) is 17.6 Å². The van der Waals surface area contributed by atoms with Crippen LogP contribution in [0.4, 0.5) is 0 Å². The Bertz CT molecular complexity index is 2280. The van der Waals surface area contributed by atoms with Crippen molar-refractivity contribution in [2.45, 2.75) is 64.8 Å². The second kappa shape index (κ2) is 25.8. The number of piperidine rings is 1. The predicted molar refractivity (Wildman–Crippen MR) is 253 cm³/mol. The van der Waals surface area contributed by atoms with Crippen LogP contribution in [-0.2, 0) is 35.2 Å². The fourth-order valence-corrected chi connectivity index (χ4v) is 8.84. The van der Waals surface area contributed by atoms with Gasteiger partial charge in [0.15, 0.2) is 5.82 Å². The van der Waals surface area contributed by atoms with Crippen LogP contribution in [0.5, 0.6) is 11.5 Å². The number of rotatable bonds is 20. The highest BCUT2D eigenvalue weighted by atomic mass is 16.4. The zero-order chi connectivity index (χ0) is 51.1. The first kappa shape index (κ1) is 54.3. The molecule has 23 heteroatoms. The molecule has 1 aromatic heterocycles. The van der Waals surface area contributed by atoms with Crippen LogP contribution in [0.2, 0.25) is 0 Å². The topological polar surface area (TPSA) is 312 Å². The monoisotopic (exact) mass is 978 g/mol. The molecule has 0 radical (unpaired) electrons. The lowest BCUT2D eigenvalue weighted by molar-refractivity contribution is -0.145. The molecule has 382 valence electrons. The van der Waals surface area contributed by atoms with Crippen LogP contribution >= 0.6 is 0 Å². The van der Waals surface area contributed by atoms with Gasteiger partial charge in [-0.2, -0.15) is 0 Å². The number of phenolic OH excluding ortho intramolecular Hbond substituents is 2. The lowest BCUT2D eigenvalue weighted by atomic mass is 9.90. The largest absolute Gasteiger partial charge is 0.508 e. The fourth-order valence-electron chi connectivity index (χ4n) is 8.84. The highest BCUT2D eigenvalue weighted by Gasteiger charge is 2.30. The maximum absolute atomic E-state index is 13.8. The number of aliphatic carboxylic acids is 4. The lowest BCUT2D eigenvalue weighted by Crippen LogP contribution is -2.52. The molecule has 2 saturated heterocycles. The average molecular weight is 979 g/mol. The molecule has 23 nitrogen and oxygen atoms in total. The molecule has 0 spiro atoms. The second-order valence-electron chi connectivity index (χ2n) is 18.1. The molecule has 1 atom stereocenters. The summed E-state index contributed by atoms with van der Waals surface area (Å²) in [5.41, 5.74) is 2.35. The maximum Gasteiger partial charge on any atom is 0.320 e. The third-order valence-electron chi connectivity index (χ3n) is 12.7. The number of aromatic nitrogens is 3. The molecule has 2 aliphatic rings. The summed E-state index contributed by atoms with van der Waals surface area (Å²) in [5, 5.41) is 74.5. The number of carbonyl (C=O) groups is 7. The van der Waals surface area contributed by atoms with Gasteiger partial charge in [-0.1, -0.05) is 26.0 Å². The molecular formula is C47H66N10O13. The molecule has 3 aromatic rings. The summed E-state index contributed by atoms with van der Waals surface area (Å²) < 4.78 is 1.50. The molecule has 70 heavy (non-hydrogen) atoms. The molecule has 8 N–H and O–H groups in total. The Morgan fingerprint density at radius 1 is 0.686 bits per heavy atom. The van der Waals surface area contributed by atoms with Crippen LogP contribution in [0.25, 0.3) is 17.1 Å². The normalized spacial score (nSPS) is 16.8. The molecule has 3 amide bonds. The summed E-state index contributed by atoms with van der Waals surface area (Å²) in [5.74, 6) is -5.77. The van der Waals surface area contributed by atoms with Crippen molar-refractivity contribution < 1.29 is 64.2 Å². The van der Waals surface area contributed by atoms with Gasteiger partial charge in [-0.25, -0.2) is 0 Å². The number of nitrogens with zero attached hydrogens (tertiary/aromatic N) is 8. The van der Waals surface area contributed by atoms with Gasteiger partial charge in [-0.3, -0.25) is 57.7 Å². The van der Waals surface area contributed by atoms with E-state index < -0.39 is 41.7 Å². The van der Waals surface area contributed by atoms with Crippen molar-refractivity contribution in [2.75, 3.05) is 98.2 Å². The molecule has 0 bridgehead atoms. The number of amides is 3. The number of nitrogens with one attached hydrogen (secondary N) is 2. The highest BCUT2D eigenvalue weighted by Crippen LogP contribution is 2.38. The fraction of sp³-hybridized carbons (Fsp3) is 0.553.